The molecular weight excluding hydrogens is 558 g/mol. The standard InChI is InChI=1S/C43H25N3/c1-3-10-26(11-4-1)30-24-33(27-12-5-2-6-13-27)44-38(25-30)45-36-22-19-28-14-9-17-35-39(28)41(36)42-37(45)23-20-29-18-21-32-31-15-7-8-16-34(31)46(35)43(32)40(29)42/h1-25H. The maximum absolute atomic E-state index is 5.40. The molecule has 0 fully saturated rings. The second-order valence-electron chi connectivity index (χ2n) is 12.4. The zero-order chi connectivity index (χ0) is 29.9. The summed E-state index contributed by atoms with van der Waals surface area (Å²) in [4.78, 5) is 5.40. The number of benzene rings is 7. The van der Waals surface area contributed by atoms with Crippen molar-refractivity contribution < 1.29 is 0 Å². The predicted octanol–water partition coefficient (Wildman–Crippen LogP) is 11.3. The Kier molecular flexibility index (Phi) is 4.58. The Balaban J connectivity index is 1.38. The Bertz CT molecular complexity index is 2890. The average molecular weight is 584 g/mol. The summed E-state index contributed by atoms with van der Waals surface area (Å²) in [7, 11) is 0. The molecule has 0 amide bonds. The molecule has 7 aromatic carbocycles. The van der Waals surface area contributed by atoms with E-state index in [1.807, 2.05) is 0 Å². The van der Waals surface area contributed by atoms with Crippen LogP contribution in [0.5, 0.6) is 0 Å². The van der Waals surface area contributed by atoms with Gasteiger partial charge in [0.05, 0.1) is 33.3 Å². The number of para-hydroxylation sites is 1. The zero-order valence-electron chi connectivity index (χ0n) is 24.8. The summed E-state index contributed by atoms with van der Waals surface area (Å²) in [6, 6.07) is 55.0. The Morgan fingerprint density at radius 2 is 1.04 bits per heavy atom. The topological polar surface area (TPSA) is 22.2 Å². The van der Waals surface area contributed by atoms with Crippen molar-refractivity contribution in [3.05, 3.63) is 152 Å². The normalized spacial score (nSPS) is 12.3. The predicted molar refractivity (Wildman–Crippen MR) is 193 cm³/mol. The van der Waals surface area contributed by atoms with Crippen LogP contribution in [0.4, 0.5) is 0 Å². The first-order chi connectivity index (χ1) is 22.8. The maximum atomic E-state index is 5.40. The molecule has 0 aliphatic carbocycles. The van der Waals surface area contributed by atoms with Gasteiger partial charge in [0.1, 0.15) is 5.82 Å². The molecule has 0 aliphatic rings. The van der Waals surface area contributed by atoms with Gasteiger partial charge < -0.3 is 4.40 Å². The lowest BCUT2D eigenvalue weighted by atomic mass is 9.98. The first kappa shape index (κ1) is 24.2. The minimum atomic E-state index is 0.921. The largest absolute Gasteiger partial charge is 0.308 e. The Morgan fingerprint density at radius 3 is 1.85 bits per heavy atom. The van der Waals surface area contributed by atoms with Crippen LogP contribution in [0.1, 0.15) is 0 Å². The van der Waals surface area contributed by atoms with Gasteiger partial charge in [-0.2, -0.15) is 0 Å². The number of rotatable bonds is 3. The molecule has 0 bridgehead atoms. The molecule has 0 unspecified atom stereocenters. The van der Waals surface area contributed by atoms with E-state index in [0.717, 1.165) is 22.6 Å². The first-order valence-electron chi connectivity index (χ1n) is 15.8. The fourth-order valence-corrected chi connectivity index (χ4v) is 8.08. The van der Waals surface area contributed by atoms with Crippen LogP contribution < -0.4 is 0 Å². The van der Waals surface area contributed by atoms with Crippen molar-refractivity contribution in [2.45, 2.75) is 0 Å². The molecule has 0 saturated heterocycles. The molecule has 3 nitrogen and oxygen atoms in total. The fourth-order valence-electron chi connectivity index (χ4n) is 8.08. The van der Waals surface area contributed by atoms with Gasteiger partial charge >= 0.3 is 0 Å². The molecule has 0 spiro atoms. The smallest absolute Gasteiger partial charge is 0.138 e. The summed E-state index contributed by atoms with van der Waals surface area (Å²) in [5, 5.41) is 10.3. The molecule has 4 aromatic heterocycles. The highest BCUT2D eigenvalue weighted by molar-refractivity contribution is 6.37. The second kappa shape index (κ2) is 8.71. The summed E-state index contributed by atoms with van der Waals surface area (Å²) >= 11 is 0. The third-order valence-electron chi connectivity index (χ3n) is 9.99. The van der Waals surface area contributed by atoms with Gasteiger partial charge in [-0.15, -0.1) is 0 Å². The van der Waals surface area contributed by atoms with Crippen LogP contribution in [0.25, 0.3) is 98.9 Å². The van der Waals surface area contributed by atoms with Gasteiger partial charge in [0.2, 0.25) is 0 Å². The van der Waals surface area contributed by atoms with Gasteiger partial charge in [0.15, 0.2) is 0 Å². The van der Waals surface area contributed by atoms with Crippen molar-refractivity contribution in [3.63, 3.8) is 0 Å². The fraction of sp³-hybridized carbons (Fsp3) is 0. The van der Waals surface area contributed by atoms with Gasteiger partial charge in [0.25, 0.3) is 0 Å². The van der Waals surface area contributed by atoms with E-state index in [1.54, 1.807) is 0 Å². The van der Waals surface area contributed by atoms with Gasteiger partial charge in [-0.3, -0.25) is 4.57 Å². The summed E-state index contributed by atoms with van der Waals surface area (Å²) in [5.74, 6) is 0.921. The van der Waals surface area contributed by atoms with E-state index in [4.69, 9.17) is 4.98 Å². The molecular formula is C43H25N3. The molecule has 0 aliphatic heterocycles. The quantitative estimate of drug-likeness (QED) is 0.203. The highest BCUT2D eigenvalue weighted by Gasteiger charge is 2.25. The van der Waals surface area contributed by atoms with E-state index in [1.165, 1.54) is 76.2 Å². The van der Waals surface area contributed by atoms with Crippen LogP contribution in [0.3, 0.4) is 0 Å². The minimum absolute atomic E-state index is 0.921. The van der Waals surface area contributed by atoms with Crippen LogP contribution >= 0.6 is 0 Å². The molecule has 0 N–H and O–H groups in total. The molecule has 11 rings (SSSR count). The van der Waals surface area contributed by atoms with E-state index < -0.39 is 0 Å². The number of fused-ring (bicyclic) bond motifs is 4. The third-order valence-corrected chi connectivity index (χ3v) is 9.99. The summed E-state index contributed by atoms with van der Waals surface area (Å²) in [6.45, 7) is 0. The van der Waals surface area contributed by atoms with Crippen molar-refractivity contribution in [1.82, 2.24) is 14.0 Å². The highest BCUT2D eigenvalue weighted by Crippen LogP contribution is 2.47. The first-order valence-corrected chi connectivity index (χ1v) is 15.8. The average Bonchev–Trinajstić information content (AvgIpc) is 3.60. The molecule has 4 heterocycles. The lowest BCUT2D eigenvalue weighted by molar-refractivity contribution is 1.09. The van der Waals surface area contributed by atoms with Gasteiger partial charge in [-0.25, -0.2) is 4.98 Å². The van der Waals surface area contributed by atoms with Crippen LogP contribution in [-0.4, -0.2) is 14.0 Å². The van der Waals surface area contributed by atoms with E-state index in [2.05, 4.69) is 161 Å². The Morgan fingerprint density at radius 1 is 0.391 bits per heavy atom. The minimum Gasteiger partial charge on any atom is -0.308 e. The Hall–Kier alpha value is -6.19. The number of nitrogens with zero attached hydrogens (tertiary/aromatic N) is 3. The molecule has 0 radical (unpaired) electrons. The van der Waals surface area contributed by atoms with Crippen LogP contribution in [0.2, 0.25) is 0 Å². The van der Waals surface area contributed by atoms with E-state index >= 15 is 0 Å². The lowest BCUT2D eigenvalue weighted by Crippen LogP contribution is -2.00. The molecule has 11 aromatic rings. The summed E-state index contributed by atoms with van der Waals surface area (Å²) in [5.41, 5.74) is 10.5. The monoisotopic (exact) mass is 583 g/mol. The van der Waals surface area contributed by atoms with E-state index in [-0.39, 0.29) is 0 Å². The highest BCUT2D eigenvalue weighted by atomic mass is 15.1. The van der Waals surface area contributed by atoms with Gasteiger partial charge in [0, 0.05) is 37.9 Å². The molecule has 0 atom stereocenters. The van der Waals surface area contributed by atoms with E-state index in [0.29, 0.717) is 0 Å². The van der Waals surface area contributed by atoms with Crippen molar-refractivity contribution in [1.29, 1.82) is 0 Å². The van der Waals surface area contributed by atoms with Crippen molar-refractivity contribution >= 4 is 70.7 Å². The van der Waals surface area contributed by atoms with E-state index in [9.17, 15) is 0 Å². The SMILES string of the molecule is c1ccc(-c2cc(-c3ccccc3)nc(-n3c4ccc5cccc6c5c4c4c5c(ccc7c8ccccc8n6c75)ccc43)c2)cc1. The Labute approximate surface area is 263 Å². The second-order valence-corrected chi connectivity index (χ2v) is 12.4. The van der Waals surface area contributed by atoms with Crippen LogP contribution in [0, 0.1) is 0 Å². The zero-order valence-corrected chi connectivity index (χ0v) is 24.8. The van der Waals surface area contributed by atoms with Crippen molar-refractivity contribution in [2.75, 3.05) is 0 Å². The lowest BCUT2D eigenvalue weighted by Gasteiger charge is -2.14. The third kappa shape index (κ3) is 3.04. The number of aromatic nitrogens is 3. The number of hydrogen-bond donors (Lipinski definition) is 0. The molecule has 212 valence electrons. The van der Waals surface area contributed by atoms with Crippen LogP contribution in [0.15, 0.2) is 152 Å². The summed E-state index contributed by atoms with van der Waals surface area (Å²) in [6.07, 6.45) is 0. The van der Waals surface area contributed by atoms with Crippen LogP contribution in [-0.2, 0) is 0 Å². The number of pyridine rings is 1. The maximum Gasteiger partial charge on any atom is 0.138 e. The van der Waals surface area contributed by atoms with Crippen molar-refractivity contribution in [3.8, 4) is 28.2 Å². The molecule has 0 saturated carbocycles. The van der Waals surface area contributed by atoms with Crippen molar-refractivity contribution in [2.24, 2.45) is 0 Å². The molecule has 3 heteroatoms. The number of hydrogen-bond acceptors (Lipinski definition) is 1. The summed E-state index contributed by atoms with van der Waals surface area (Å²) < 4.78 is 4.91. The van der Waals surface area contributed by atoms with Gasteiger partial charge in [-0.05, 0) is 58.3 Å². The molecule has 46 heavy (non-hydrogen) atoms. The van der Waals surface area contributed by atoms with Gasteiger partial charge in [-0.1, -0.05) is 115 Å².